The zero-order valence-electron chi connectivity index (χ0n) is 20.2. The molecule has 0 saturated carbocycles. The predicted molar refractivity (Wildman–Crippen MR) is 166 cm³/mol. The highest BCUT2D eigenvalue weighted by molar-refractivity contribution is 6.57. The number of hydrogen-bond acceptors (Lipinski definition) is 5. The molecule has 41 heavy (non-hydrogen) atoms. The molecule has 0 unspecified atom stereocenters. The molecule has 0 aliphatic carbocycles. The molecule has 0 fully saturated rings. The highest BCUT2D eigenvalue weighted by atomic mass is 35.5. The summed E-state index contributed by atoms with van der Waals surface area (Å²) in [6, 6.07) is 4.91. The van der Waals surface area contributed by atoms with Gasteiger partial charge in [0.1, 0.15) is 0 Å². The lowest BCUT2D eigenvalue weighted by Crippen LogP contribution is -2.30. The monoisotopic (exact) mass is 708 g/mol. The van der Waals surface area contributed by atoms with Crippen molar-refractivity contribution in [3.63, 3.8) is 0 Å². The first-order valence-corrected chi connectivity index (χ1v) is 14.4. The third-order valence-electron chi connectivity index (χ3n) is 6.60. The second-order valence-electron chi connectivity index (χ2n) is 8.79. The number of imide groups is 1. The van der Waals surface area contributed by atoms with E-state index >= 15 is 0 Å². The Morgan fingerprint density at radius 2 is 1.32 bits per heavy atom. The zero-order chi connectivity index (χ0) is 30.1. The second-order valence-corrected chi connectivity index (χ2v) is 11.8. The molecule has 0 aromatic heterocycles. The van der Waals surface area contributed by atoms with Gasteiger partial charge in [-0.2, -0.15) is 0 Å². The van der Waals surface area contributed by atoms with E-state index in [1.807, 2.05) is 0 Å². The predicted octanol–water partition coefficient (Wildman–Crippen LogP) is 9.80. The average Bonchev–Trinajstić information content (AvgIpc) is 3.23. The number of carbonyl (C=O) groups is 3. The van der Waals surface area contributed by atoms with Gasteiger partial charge in [0.15, 0.2) is 5.78 Å². The van der Waals surface area contributed by atoms with Crippen LogP contribution in [0.2, 0.25) is 40.2 Å². The molecule has 2 N–H and O–H groups in total. The molecule has 0 radical (unpaired) electrons. The molecule has 0 atom stereocenters. The summed E-state index contributed by atoms with van der Waals surface area (Å²) in [6.07, 6.45) is 3.31. The van der Waals surface area contributed by atoms with Gasteiger partial charge in [-0.1, -0.05) is 111 Å². The summed E-state index contributed by atoms with van der Waals surface area (Å²) in [5.74, 6) is -2.12. The molecule has 14 heteroatoms. The van der Waals surface area contributed by atoms with Gasteiger partial charge in [0.2, 0.25) is 0 Å². The van der Waals surface area contributed by atoms with Crippen LogP contribution in [0, 0.1) is 0 Å². The number of ketones is 1. The number of aliphatic hydroxyl groups excluding tert-OH is 1. The second kappa shape index (κ2) is 11.3. The summed E-state index contributed by atoms with van der Waals surface area (Å²) < 4.78 is 0. The molecule has 2 aliphatic heterocycles. The van der Waals surface area contributed by atoms with Gasteiger partial charge < -0.3 is 10.4 Å². The number of rotatable bonds is 4. The summed E-state index contributed by atoms with van der Waals surface area (Å²) in [7, 11) is 0. The van der Waals surface area contributed by atoms with Gasteiger partial charge in [-0.05, 0) is 19.1 Å². The summed E-state index contributed by atoms with van der Waals surface area (Å²) in [4.78, 5) is 41.6. The average molecular weight is 712 g/mol. The van der Waals surface area contributed by atoms with Crippen molar-refractivity contribution in [2.45, 2.75) is 13.5 Å². The SMILES string of the molecule is C/C(C(=O)c1c(Cl)c(Cl)c(Cl)c(Cl)c1CO)=C1\C=Cc2cccc(N3C(=O)c4c(Cl)c(Cl)c(Cl)c(Cl)c4C3=O)c2N1. The fourth-order valence-electron chi connectivity index (χ4n) is 4.53. The number of nitrogens with zero attached hydrogens (tertiary/aromatic N) is 1. The minimum atomic E-state index is -0.761. The number of anilines is 2. The largest absolute Gasteiger partial charge is 0.392 e. The molecule has 2 heterocycles. The number of para-hydroxylation sites is 1. The van der Waals surface area contributed by atoms with Crippen LogP contribution in [0.5, 0.6) is 0 Å². The quantitative estimate of drug-likeness (QED) is 0.0926. The molecule has 210 valence electrons. The molecule has 2 aliphatic rings. The Labute approximate surface area is 272 Å². The number of aliphatic hydroxyl groups is 1. The Morgan fingerprint density at radius 1 is 0.780 bits per heavy atom. The van der Waals surface area contributed by atoms with Gasteiger partial charge in [-0.25, -0.2) is 4.90 Å². The number of carbonyl (C=O) groups excluding carboxylic acids is 3. The maximum absolute atomic E-state index is 13.6. The van der Waals surface area contributed by atoms with Crippen molar-refractivity contribution in [3.05, 3.63) is 104 Å². The fraction of sp³-hybridized carbons (Fsp3) is 0.0741. The van der Waals surface area contributed by atoms with Crippen LogP contribution >= 0.6 is 92.8 Å². The standard InChI is InChI=1S/C27H12Cl8N2O4/c1-8(25(39)13-10(7-38)16(28)20(32)21(33)17(13)29)11-6-5-9-3-2-4-12(24(9)36-11)37-26(40)14-15(27(37)41)19(31)23(35)22(34)18(14)30/h2-6,36,38H,7H2,1H3/b11-8-. The molecule has 3 aromatic carbocycles. The first-order valence-electron chi connectivity index (χ1n) is 11.4. The van der Waals surface area contributed by atoms with E-state index < -0.39 is 24.2 Å². The molecule has 0 saturated heterocycles. The molecule has 0 spiro atoms. The molecule has 0 bridgehead atoms. The molecule has 3 aromatic rings. The number of hydrogen-bond donors (Lipinski definition) is 2. The summed E-state index contributed by atoms with van der Waals surface area (Å²) in [5.41, 5.74) is 1.08. The first-order chi connectivity index (χ1) is 19.3. The smallest absolute Gasteiger partial charge is 0.267 e. The number of allylic oxidation sites excluding steroid dienone is 2. The number of benzene rings is 3. The van der Waals surface area contributed by atoms with Gasteiger partial charge in [0.05, 0.1) is 69.3 Å². The lowest BCUT2D eigenvalue weighted by atomic mass is 9.96. The molecule has 6 nitrogen and oxygen atoms in total. The van der Waals surface area contributed by atoms with Crippen molar-refractivity contribution >= 4 is 128 Å². The van der Waals surface area contributed by atoms with E-state index in [1.165, 1.54) is 13.0 Å². The molecular weight excluding hydrogens is 700 g/mol. The van der Waals surface area contributed by atoms with Crippen LogP contribution in [0.4, 0.5) is 11.4 Å². The van der Waals surface area contributed by atoms with Gasteiger partial charge in [-0.15, -0.1) is 0 Å². The topological polar surface area (TPSA) is 86.7 Å². The Balaban J connectivity index is 1.61. The van der Waals surface area contributed by atoms with Crippen LogP contribution < -0.4 is 10.2 Å². The van der Waals surface area contributed by atoms with Crippen LogP contribution in [0.3, 0.4) is 0 Å². The minimum Gasteiger partial charge on any atom is -0.392 e. The van der Waals surface area contributed by atoms with Crippen LogP contribution in [-0.4, -0.2) is 22.7 Å². The first kappa shape index (κ1) is 30.5. The molecule has 5 rings (SSSR count). The van der Waals surface area contributed by atoms with Crippen LogP contribution in [0.1, 0.15) is 49.1 Å². The van der Waals surface area contributed by atoms with Gasteiger partial charge in [0.25, 0.3) is 11.8 Å². The highest BCUT2D eigenvalue weighted by Crippen LogP contribution is 2.48. The lowest BCUT2D eigenvalue weighted by Gasteiger charge is -2.25. The van der Waals surface area contributed by atoms with E-state index in [0.29, 0.717) is 16.9 Å². The van der Waals surface area contributed by atoms with E-state index in [1.54, 1.807) is 24.3 Å². The van der Waals surface area contributed by atoms with Crippen LogP contribution in [0.15, 0.2) is 35.5 Å². The number of Topliss-reactive ketones (excluding diaryl/α,β-unsaturated/α-hetero) is 1. The fourth-order valence-corrected chi connectivity index (χ4v) is 6.58. The summed E-state index contributed by atoms with van der Waals surface area (Å²) in [6.45, 7) is 0.885. The molecular formula is C27H12Cl8N2O4. The van der Waals surface area contributed by atoms with Gasteiger partial charge >= 0.3 is 0 Å². The van der Waals surface area contributed by atoms with Crippen LogP contribution in [0.25, 0.3) is 6.08 Å². The van der Waals surface area contributed by atoms with Gasteiger partial charge in [0, 0.05) is 28.0 Å². The Bertz CT molecular complexity index is 1770. The zero-order valence-corrected chi connectivity index (χ0v) is 26.3. The van der Waals surface area contributed by atoms with E-state index in [0.717, 1.165) is 4.90 Å². The summed E-state index contributed by atoms with van der Waals surface area (Å²) >= 11 is 49.8. The van der Waals surface area contributed by atoms with Crippen molar-refractivity contribution < 1.29 is 19.5 Å². The highest BCUT2D eigenvalue weighted by Gasteiger charge is 2.43. The van der Waals surface area contributed by atoms with E-state index in [2.05, 4.69) is 5.32 Å². The number of nitrogens with one attached hydrogen (secondary N) is 1. The Kier molecular flexibility index (Phi) is 8.38. The third kappa shape index (κ3) is 4.65. The van der Waals surface area contributed by atoms with Crippen LogP contribution in [-0.2, 0) is 6.61 Å². The number of fused-ring (bicyclic) bond motifs is 2. The van der Waals surface area contributed by atoms with Crippen molar-refractivity contribution in [2.75, 3.05) is 10.2 Å². The van der Waals surface area contributed by atoms with E-state index in [4.69, 9.17) is 92.8 Å². The lowest BCUT2D eigenvalue weighted by molar-refractivity contribution is 0.0925. The van der Waals surface area contributed by atoms with E-state index in [-0.39, 0.29) is 73.7 Å². The number of amides is 2. The summed E-state index contributed by atoms with van der Waals surface area (Å²) in [5, 5.41) is 11.8. The van der Waals surface area contributed by atoms with Crippen molar-refractivity contribution in [1.29, 1.82) is 0 Å². The maximum atomic E-state index is 13.6. The minimum absolute atomic E-state index is 0.00833. The maximum Gasteiger partial charge on any atom is 0.267 e. The normalized spacial score (nSPS) is 15.2. The molecule has 2 amide bonds. The van der Waals surface area contributed by atoms with Gasteiger partial charge in [-0.3, -0.25) is 14.4 Å². The Hall–Kier alpha value is -1.97. The third-order valence-corrected chi connectivity index (χ3v) is 10.2. The van der Waals surface area contributed by atoms with Crippen molar-refractivity contribution in [3.8, 4) is 0 Å². The Morgan fingerprint density at radius 3 is 1.88 bits per heavy atom. The number of halogens is 8. The van der Waals surface area contributed by atoms with Crippen molar-refractivity contribution in [2.24, 2.45) is 0 Å². The van der Waals surface area contributed by atoms with E-state index in [9.17, 15) is 19.5 Å². The van der Waals surface area contributed by atoms with Crippen molar-refractivity contribution in [1.82, 2.24) is 0 Å².